The highest BCUT2D eigenvalue weighted by Crippen LogP contribution is 2.32. The summed E-state index contributed by atoms with van der Waals surface area (Å²) in [5.41, 5.74) is 3.02. The predicted octanol–water partition coefficient (Wildman–Crippen LogP) is 2.95. The zero-order chi connectivity index (χ0) is 16.3. The highest BCUT2D eigenvalue weighted by atomic mass is 16.2. The van der Waals surface area contributed by atoms with Crippen molar-refractivity contribution in [1.82, 2.24) is 14.8 Å². The molecule has 2 aliphatic heterocycles. The van der Waals surface area contributed by atoms with Crippen LogP contribution >= 0.6 is 0 Å². The molecule has 2 fully saturated rings. The average molecular weight is 319 g/mol. The van der Waals surface area contributed by atoms with Gasteiger partial charge in [-0.05, 0) is 43.1 Å². The van der Waals surface area contributed by atoms with E-state index in [1.165, 1.54) is 5.39 Å². The topological polar surface area (TPSA) is 39.3 Å². The largest absolute Gasteiger partial charge is 0.355 e. The van der Waals surface area contributed by atoms with E-state index >= 15 is 0 Å². The minimum absolute atomic E-state index is 0.180. The van der Waals surface area contributed by atoms with Gasteiger partial charge in [-0.3, -0.25) is 4.79 Å². The number of aromatic amines is 1. The number of para-hydroxylation sites is 1. The van der Waals surface area contributed by atoms with Crippen LogP contribution in [0.25, 0.3) is 21.8 Å². The number of H-pyrrole nitrogens is 1. The molecule has 1 aromatic heterocycles. The first kappa shape index (κ1) is 14.1. The average Bonchev–Trinajstić information content (AvgIpc) is 3.23. The Morgan fingerprint density at radius 1 is 0.958 bits per heavy atom. The maximum Gasteiger partial charge on any atom is 0.253 e. The summed E-state index contributed by atoms with van der Waals surface area (Å²) in [4.78, 5) is 20.8. The second kappa shape index (κ2) is 5.08. The van der Waals surface area contributed by atoms with Crippen LogP contribution in [0.3, 0.4) is 0 Å². The van der Waals surface area contributed by atoms with E-state index in [2.05, 4.69) is 40.0 Å². The number of benzene rings is 2. The monoisotopic (exact) mass is 319 g/mol. The van der Waals surface area contributed by atoms with Crippen LogP contribution < -0.4 is 0 Å². The molecule has 0 spiro atoms. The first-order valence-electron chi connectivity index (χ1n) is 8.67. The van der Waals surface area contributed by atoms with Crippen LogP contribution in [0, 0.1) is 11.8 Å². The molecule has 1 N–H and O–H groups in total. The third-order valence-corrected chi connectivity index (χ3v) is 5.71. The summed E-state index contributed by atoms with van der Waals surface area (Å²) < 4.78 is 0. The zero-order valence-corrected chi connectivity index (χ0v) is 13.8. The molecule has 4 heteroatoms. The third kappa shape index (κ3) is 2.06. The van der Waals surface area contributed by atoms with Crippen LogP contribution in [0.5, 0.6) is 0 Å². The second-order valence-corrected chi connectivity index (χ2v) is 7.38. The minimum atomic E-state index is 0.180. The fourth-order valence-electron chi connectivity index (χ4n) is 4.56. The van der Waals surface area contributed by atoms with Gasteiger partial charge in [0.2, 0.25) is 0 Å². The van der Waals surface area contributed by atoms with Gasteiger partial charge >= 0.3 is 0 Å². The smallest absolute Gasteiger partial charge is 0.253 e. The molecule has 0 saturated carbocycles. The Labute approximate surface area is 141 Å². The summed E-state index contributed by atoms with van der Waals surface area (Å²) in [6, 6.07) is 14.3. The molecule has 24 heavy (non-hydrogen) atoms. The van der Waals surface area contributed by atoms with E-state index in [9.17, 15) is 4.79 Å². The molecule has 3 aromatic rings. The van der Waals surface area contributed by atoms with E-state index in [4.69, 9.17) is 0 Å². The molecular weight excluding hydrogens is 298 g/mol. The van der Waals surface area contributed by atoms with Crippen LogP contribution in [0.1, 0.15) is 10.4 Å². The number of carbonyl (C=O) groups excluding carboxylic acids is 1. The maximum absolute atomic E-state index is 13.0. The zero-order valence-electron chi connectivity index (χ0n) is 13.8. The van der Waals surface area contributed by atoms with Gasteiger partial charge in [0, 0.05) is 53.5 Å². The number of likely N-dealkylation sites (tertiary alicyclic amines) is 2. The summed E-state index contributed by atoms with van der Waals surface area (Å²) in [6.07, 6.45) is 0. The van der Waals surface area contributed by atoms with E-state index in [-0.39, 0.29) is 5.91 Å². The Balaban J connectivity index is 1.48. The molecule has 0 aliphatic carbocycles. The van der Waals surface area contributed by atoms with Crippen molar-refractivity contribution in [3.8, 4) is 0 Å². The quantitative estimate of drug-likeness (QED) is 0.749. The first-order chi connectivity index (χ1) is 11.7. The minimum Gasteiger partial charge on any atom is -0.355 e. The van der Waals surface area contributed by atoms with Gasteiger partial charge in [0.15, 0.2) is 0 Å². The van der Waals surface area contributed by atoms with Crippen molar-refractivity contribution >= 4 is 27.7 Å². The van der Waals surface area contributed by atoms with Crippen molar-refractivity contribution in [1.29, 1.82) is 0 Å². The summed E-state index contributed by atoms with van der Waals surface area (Å²) in [5, 5.41) is 2.32. The Morgan fingerprint density at radius 2 is 1.67 bits per heavy atom. The molecule has 5 rings (SSSR count). The number of rotatable bonds is 1. The molecule has 2 saturated heterocycles. The predicted molar refractivity (Wildman–Crippen MR) is 96.2 cm³/mol. The molecule has 2 aliphatic rings. The number of aromatic nitrogens is 1. The van der Waals surface area contributed by atoms with Gasteiger partial charge in [-0.1, -0.05) is 18.2 Å². The van der Waals surface area contributed by atoms with E-state index in [0.29, 0.717) is 11.8 Å². The van der Waals surface area contributed by atoms with Gasteiger partial charge < -0.3 is 14.8 Å². The lowest BCUT2D eigenvalue weighted by molar-refractivity contribution is 0.0776. The number of hydrogen-bond acceptors (Lipinski definition) is 2. The highest BCUT2D eigenvalue weighted by Gasteiger charge is 2.40. The number of nitrogens with zero attached hydrogens (tertiary/aromatic N) is 2. The van der Waals surface area contributed by atoms with Crippen molar-refractivity contribution in [3.05, 3.63) is 48.0 Å². The summed E-state index contributed by atoms with van der Waals surface area (Å²) >= 11 is 0. The van der Waals surface area contributed by atoms with Gasteiger partial charge in [0.05, 0.1) is 0 Å². The van der Waals surface area contributed by atoms with Crippen molar-refractivity contribution in [2.24, 2.45) is 11.8 Å². The summed E-state index contributed by atoms with van der Waals surface area (Å²) in [5.74, 6) is 1.48. The SMILES string of the molecule is CN1C[C@@H]2CN(C(=O)c3ccc4[nH]c5ccccc5c4c3)C[C@@H]2C1. The molecule has 2 aromatic carbocycles. The maximum atomic E-state index is 13.0. The van der Waals surface area contributed by atoms with Crippen LogP contribution in [0.4, 0.5) is 0 Å². The number of amides is 1. The first-order valence-corrected chi connectivity index (χ1v) is 8.67. The lowest BCUT2D eigenvalue weighted by atomic mass is 10.0. The van der Waals surface area contributed by atoms with Crippen molar-refractivity contribution in [3.63, 3.8) is 0 Å². The lowest BCUT2D eigenvalue weighted by Gasteiger charge is -2.19. The van der Waals surface area contributed by atoms with E-state index in [0.717, 1.165) is 48.2 Å². The van der Waals surface area contributed by atoms with Gasteiger partial charge in [0.25, 0.3) is 5.91 Å². The Morgan fingerprint density at radius 3 is 2.46 bits per heavy atom. The standard InChI is InChI=1S/C20H21N3O/c1-22-9-14-11-23(12-15(14)10-22)20(24)13-6-7-19-17(8-13)16-4-2-3-5-18(16)21-19/h2-8,14-15,21H,9-12H2,1H3/t14-,15+. The Hall–Kier alpha value is -2.33. The van der Waals surface area contributed by atoms with E-state index in [1.807, 2.05) is 24.3 Å². The second-order valence-electron chi connectivity index (χ2n) is 7.38. The summed E-state index contributed by atoms with van der Waals surface area (Å²) in [6.45, 7) is 4.05. The molecule has 3 heterocycles. The van der Waals surface area contributed by atoms with Gasteiger partial charge in [-0.25, -0.2) is 0 Å². The summed E-state index contributed by atoms with van der Waals surface area (Å²) in [7, 11) is 2.18. The lowest BCUT2D eigenvalue weighted by Crippen LogP contribution is -2.32. The highest BCUT2D eigenvalue weighted by molar-refractivity contribution is 6.10. The molecule has 0 bridgehead atoms. The van der Waals surface area contributed by atoms with E-state index < -0.39 is 0 Å². The van der Waals surface area contributed by atoms with Crippen molar-refractivity contribution in [2.75, 3.05) is 33.2 Å². The van der Waals surface area contributed by atoms with Gasteiger partial charge in [-0.15, -0.1) is 0 Å². The van der Waals surface area contributed by atoms with Gasteiger partial charge in [0.1, 0.15) is 0 Å². The van der Waals surface area contributed by atoms with Crippen molar-refractivity contribution < 1.29 is 4.79 Å². The third-order valence-electron chi connectivity index (χ3n) is 5.71. The molecule has 0 unspecified atom stereocenters. The molecule has 1 amide bonds. The molecule has 2 atom stereocenters. The van der Waals surface area contributed by atoms with E-state index in [1.54, 1.807) is 0 Å². The number of carbonyl (C=O) groups is 1. The molecule has 4 nitrogen and oxygen atoms in total. The molecule has 0 radical (unpaired) electrons. The van der Waals surface area contributed by atoms with Crippen molar-refractivity contribution in [2.45, 2.75) is 0 Å². The number of hydrogen-bond donors (Lipinski definition) is 1. The fourth-order valence-corrected chi connectivity index (χ4v) is 4.56. The molecule has 122 valence electrons. The van der Waals surface area contributed by atoms with Gasteiger partial charge in [-0.2, -0.15) is 0 Å². The van der Waals surface area contributed by atoms with Crippen LogP contribution in [-0.2, 0) is 0 Å². The van der Waals surface area contributed by atoms with Crippen LogP contribution in [-0.4, -0.2) is 53.9 Å². The normalized spacial score (nSPS) is 24.1. The number of nitrogens with one attached hydrogen (secondary N) is 1. The Kier molecular flexibility index (Phi) is 2.98. The Bertz CT molecular complexity index is 930. The molecular formula is C20H21N3O. The van der Waals surface area contributed by atoms with Crippen LogP contribution in [0.15, 0.2) is 42.5 Å². The van der Waals surface area contributed by atoms with Crippen LogP contribution in [0.2, 0.25) is 0 Å². The number of fused-ring (bicyclic) bond motifs is 4. The fraction of sp³-hybridized carbons (Fsp3) is 0.350.